The van der Waals surface area contributed by atoms with Crippen molar-refractivity contribution in [1.82, 2.24) is 9.88 Å². The lowest BCUT2D eigenvalue weighted by Crippen LogP contribution is -2.37. The number of hydrogen-bond acceptors (Lipinski definition) is 5. The molecule has 27 heavy (non-hydrogen) atoms. The Labute approximate surface area is 171 Å². The van der Waals surface area contributed by atoms with Gasteiger partial charge in [0.25, 0.3) is 0 Å². The van der Waals surface area contributed by atoms with E-state index in [4.69, 9.17) is 21.3 Å². The minimum absolute atomic E-state index is 0.423. The lowest BCUT2D eigenvalue weighted by Gasteiger charge is -2.26. The summed E-state index contributed by atoms with van der Waals surface area (Å²) in [7, 11) is 0. The highest BCUT2D eigenvalue weighted by atomic mass is 35.5. The second-order valence-corrected chi connectivity index (χ2v) is 7.37. The van der Waals surface area contributed by atoms with Gasteiger partial charge in [0.05, 0.1) is 18.9 Å². The molecule has 0 aliphatic carbocycles. The van der Waals surface area contributed by atoms with Gasteiger partial charge in [-0.15, -0.1) is 12.6 Å². The second kappa shape index (κ2) is 10.1. The number of nitrogens with zero attached hydrogens (tertiary/aromatic N) is 3. The lowest BCUT2D eigenvalue weighted by molar-refractivity contribution is 0.0377. The fourth-order valence-corrected chi connectivity index (χ4v) is 3.50. The standard InChI is InChI=1S/C20H25ClN4OS/c1-15-5-6-16(18(27)14-15)20(24-17-4-2-7-22-19(17)21)23-8-3-9-25-10-12-26-13-11-25/h2,4-7,14,27H,3,8-13H2,1H3,(H,23,24). The molecule has 0 atom stereocenters. The second-order valence-electron chi connectivity index (χ2n) is 6.53. The van der Waals surface area contributed by atoms with Gasteiger partial charge in [-0.2, -0.15) is 0 Å². The molecule has 144 valence electrons. The summed E-state index contributed by atoms with van der Waals surface area (Å²) in [6.07, 6.45) is 2.66. The minimum Gasteiger partial charge on any atom is -0.379 e. The van der Waals surface area contributed by atoms with Crippen molar-refractivity contribution < 1.29 is 4.74 Å². The Kier molecular flexibility index (Phi) is 7.52. The molecule has 2 aromatic rings. The zero-order valence-electron chi connectivity index (χ0n) is 15.5. The third kappa shape index (κ3) is 5.94. The summed E-state index contributed by atoms with van der Waals surface area (Å²) >= 11 is 10.9. The van der Waals surface area contributed by atoms with Crippen molar-refractivity contribution in [2.75, 3.05) is 44.7 Å². The summed E-state index contributed by atoms with van der Waals surface area (Å²) < 4.78 is 5.40. The van der Waals surface area contributed by atoms with Crippen LogP contribution in [0.3, 0.4) is 0 Å². The molecule has 1 aliphatic heterocycles. The Morgan fingerprint density at radius 3 is 2.89 bits per heavy atom. The Balaban J connectivity index is 1.73. The maximum absolute atomic E-state index is 6.22. The summed E-state index contributed by atoms with van der Waals surface area (Å²) in [5, 5.41) is 3.76. The summed E-state index contributed by atoms with van der Waals surface area (Å²) in [6, 6.07) is 9.88. The van der Waals surface area contributed by atoms with Crippen molar-refractivity contribution in [3.8, 4) is 0 Å². The molecule has 1 N–H and O–H groups in total. The Morgan fingerprint density at radius 1 is 1.33 bits per heavy atom. The summed E-state index contributed by atoms with van der Waals surface area (Å²) in [6.45, 7) is 7.43. The number of anilines is 1. The van der Waals surface area contributed by atoms with Gasteiger partial charge in [0.1, 0.15) is 5.84 Å². The van der Waals surface area contributed by atoms with E-state index in [1.54, 1.807) is 6.20 Å². The van der Waals surface area contributed by atoms with Crippen molar-refractivity contribution >= 4 is 35.8 Å². The van der Waals surface area contributed by atoms with Crippen LogP contribution >= 0.6 is 24.2 Å². The van der Waals surface area contributed by atoms with E-state index in [9.17, 15) is 0 Å². The van der Waals surface area contributed by atoms with E-state index in [-0.39, 0.29) is 0 Å². The molecule has 0 radical (unpaired) electrons. The van der Waals surface area contributed by atoms with Crippen LogP contribution in [-0.2, 0) is 4.74 Å². The molecular formula is C20H25ClN4OS. The Morgan fingerprint density at radius 2 is 2.15 bits per heavy atom. The number of aryl methyl sites for hydroxylation is 1. The molecule has 3 rings (SSSR count). The predicted octanol–water partition coefficient (Wildman–Crippen LogP) is 3.91. The molecular weight excluding hydrogens is 380 g/mol. The third-order valence-electron chi connectivity index (χ3n) is 4.43. The molecule has 0 amide bonds. The highest BCUT2D eigenvalue weighted by Gasteiger charge is 2.12. The molecule has 2 heterocycles. The first-order chi connectivity index (χ1) is 13.1. The highest BCUT2D eigenvalue weighted by Crippen LogP contribution is 2.22. The highest BCUT2D eigenvalue weighted by molar-refractivity contribution is 7.80. The predicted molar refractivity (Wildman–Crippen MR) is 115 cm³/mol. The number of amidine groups is 1. The first kappa shape index (κ1) is 20.1. The molecule has 0 bridgehead atoms. The van der Waals surface area contributed by atoms with Gasteiger partial charge in [-0.3, -0.25) is 9.89 Å². The van der Waals surface area contributed by atoms with Crippen molar-refractivity contribution in [1.29, 1.82) is 0 Å². The maximum atomic E-state index is 6.22. The first-order valence-electron chi connectivity index (χ1n) is 9.15. The van der Waals surface area contributed by atoms with Crippen LogP contribution in [0.2, 0.25) is 5.15 Å². The van der Waals surface area contributed by atoms with Crippen molar-refractivity contribution in [3.63, 3.8) is 0 Å². The van der Waals surface area contributed by atoms with E-state index in [1.165, 1.54) is 0 Å². The fraction of sp³-hybridized carbons (Fsp3) is 0.400. The van der Waals surface area contributed by atoms with E-state index in [2.05, 4.69) is 33.9 Å². The molecule has 5 nitrogen and oxygen atoms in total. The van der Waals surface area contributed by atoms with Crippen LogP contribution < -0.4 is 5.32 Å². The average Bonchev–Trinajstić information content (AvgIpc) is 2.67. The lowest BCUT2D eigenvalue weighted by atomic mass is 10.1. The molecule has 0 saturated carbocycles. The van der Waals surface area contributed by atoms with Crippen molar-refractivity contribution in [2.24, 2.45) is 4.99 Å². The van der Waals surface area contributed by atoms with Gasteiger partial charge < -0.3 is 10.1 Å². The van der Waals surface area contributed by atoms with Crippen LogP contribution in [0.1, 0.15) is 17.5 Å². The van der Waals surface area contributed by atoms with Gasteiger partial charge >= 0.3 is 0 Å². The monoisotopic (exact) mass is 404 g/mol. The van der Waals surface area contributed by atoms with Crippen molar-refractivity contribution in [2.45, 2.75) is 18.2 Å². The summed E-state index contributed by atoms with van der Waals surface area (Å²) in [5.41, 5.74) is 2.85. The first-order valence-corrected chi connectivity index (χ1v) is 9.98. The molecule has 1 saturated heterocycles. The largest absolute Gasteiger partial charge is 0.379 e. The summed E-state index contributed by atoms with van der Waals surface area (Å²) in [4.78, 5) is 12.2. The molecule has 1 aromatic carbocycles. The fourth-order valence-electron chi connectivity index (χ4n) is 2.95. The zero-order valence-corrected chi connectivity index (χ0v) is 17.1. The van der Waals surface area contributed by atoms with Crippen LogP contribution in [-0.4, -0.2) is 55.1 Å². The van der Waals surface area contributed by atoms with E-state index < -0.39 is 0 Å². The molecule has 7 heteroatoms. The summed E-state index contributed by atoms with van der Waals surface area (Å²) in [5.74, 6) is 0.761. The van der Waals surface area contributed by atoms with Gasteiger partial charge in [0.2, 0.25) is 0 Å². The zero-order chi connectivity index (χ0) is 19.1. The Bertz CT molecular complexity index is 793. The van der Waals surface area contributed by atoms with Gasteiger partial charge in [0, 0.05) is 42.8 Å². The van der Waals surface area contributed by atoms with E-state index in [1.807, 2.05) is 31.2 Å². The minimum atomic E-state index is 0.423. The van der Waals surface area contributed by atoms with E-state index in [0.717, 1.165) is 73.4 Å². The number of hydrogen-bond donors (Lipinski definition) is 2. The smallest absolute Gasteiger partial charge is 0.152 e. The van der Waals surface area contributed by atoms with Gasteiger partial charge in [-0.25, -0.2) is 4.98 Å². The number of pyridine rings is 1. The van der Waals surface area contributed by atoms with Crippen LogP contribution in [0.15, 0.2) is 46.4 Å². The normalized spacial score (nSPS) is 15.7. The number of rotatable bonds is 6. The quantitative estimate of drug-likeness (QED) is 0.252. The van der Waals surface area contributed by atoms with Crippen molar-refractivity contribution in [3.05, 3.63) is 52.8 Å². The van der Waals surface area contributed by atoms with Gasteiger partial charge in [-0.05, 0) is 43.2 Å². The number of benzene rings is 1. The molecule has 1 aromatic heterocycles. The van der Waals surface area contributed by atoms with Gasteiger partial charge in [-0.1, -0.05) is 17.7 Å². The van der Waals surface area contributed by atoms with Crippen LogP contribution in [0.5, 0.6) is 0 Å². The number of morpholine rings is 1. The van der Waals surface area contributed by atoms with Gasteiger partial charge in [0.15, 0.2) is 5.15 Å². The molecule has 0 unspecified atom stereocenters. The molecule has 0 spiro atoms. The van der Waals surface area contributed by atoms with Crippen LogP contribution in [0.25, 0.3) is 0 Å². The van der Waals surface area contributed by atoms with E-state index in [0.29, 0.717) is 5.15 Å². The number of aromatic nitrogens is 1. The number of halogens is 1. The Hall–Kier alpha value is -1.60. The number of aliphatic imine (C=N–C) groups is 1. The number of nitrogens with one attached hydrogen (secondary N) is 1. The van der Waals surface area contributed by atoms with E-state index >= 15 is 0 Å². The number of thiol groups is 1. The maximum Gasteiger partial charge on any atom is 0.152 e. The van der Waals surface area contributed by atoms with Crippen LogP contribution in [0, 0.1) is 6.92 Å². The molecule has 1 fully saturated rings. The average molecular weight is 405 g/mol. The number of ether oxygens (including phenoxy) is 1. The topological polar surface area (TPSA) is 49.8 Å². The molecule has 1 aliphatic rings. The van der Waals surface area contributed by atoms with Crippen LogP contribution in [0.4, 0.5) is 5.69 Å². The SMILES string of the molecule is Cc1ccc(C(=NCCCN2CCOCC2)Nc2cccnc2Cl)c(S)c1. The third-order valence-corrected chi connectivity index (χ3v) is 5.10.